The van der Waals surface area contributed by atoms with Crippen molar-refractivity contribution in [2.24, 2.45) is 0 Å². The molecule has 0 aliphatic carbocycles. The van der Waals surface area contributed by atoms with E-state index in [0.717, 1.165) is 29.8 Å². The number of ether oxygens (including phenoxy) is 1. The zero-order chi connectivity index (χ0) is 18.2. The molecule has 0 spiro atoms. The summed E-state index contributed by atoms with van der Waals surface area (Å²) in [4.78, 5) is 12.2. The molecule has 26 heavy (non-hydrogen) atoms. The van der Waals surface area contributed by atoms with E-state index in [0.29, 0.717) is 25.3 Å². The molecule has 6 heteroatoms. The first-order chi connectivity index (χ1) is 12.8. The highest BCUT2D eigenvalue weighted by Gasteiger charge is 2.06. The van der Waals surface area contributed by atoms with Gasteiger partial charge in [-0.1, -0.05) is 13.3 Å². The van der Waals surface area contributed by atoms with Gasteiger partial charge in [0.2, 0.25) is 0 Å². The summed E-state index contributed by atoms with van der Waals surface area (Å²) in [6.45, 7) is 3.99. The van der Waals surface area contributed by atoms with Crippen LogP contribution in [0, 0.1) is 0 Å². The van der Waals surface area contributed by atoms with E-state index < -0.39 is 0 Å². The first-order valence-electron chi connectivity index (χ1n) is 8.83. The molecule has 3 rings (SSSR count). The number of nitrogens with one attached hydrogen (secondary N) is 1. The van der Waals surface area contributed by atoms with Crippen molar-refractivity contribution in [2.75, 3.05) is 13.2 Å². The Balaban J connectivity index is 1.45. The molecule has 1 aromatic carbocycles. The Hall–Kier alpha value is -2.60. The molecular weight excluding hydrogens is 346 g/mol. The van der Waals surface area contributed by atoms with Crippen LogP contribution in [0.5, 0.6) is 5.75 Å². The molecule has 2 heterocycles. The highest BCUT2D eigenvalue weighted by atomic mass is 32.1. The van der Waals surface area contributed by atoms with E-state index in [-0.39, 0.29) is 5.91 Å². The van der Waals surface area contributed by atoms with Gasteiger partial charge >= 0.3 is 0 Å². The van der Waals surface area contributed by atoms with Crippen LogP contribution in [0.25, 0.3) is 11.3 Å². The van der Waals surface area contributed by atoms with Crippen molar-refractivity contribution in [1.29, 1.82) is 0 Å². The lowest BCUT2D eigenvalue weighted by Crippen LogP contribution is -2.27. The second-order valence-electron chi connectivity index (χ2n) is 5.96. The van der Waals surface area contributed by atoms with Crippen LogP contribution < -0.4 is 10.1 Å². The van der Waals surface area contributed by atoms with Gasteiger partial charge in [0.1, 0.15) is 5.75 Å². The Labute approximate surface area is 157 Å². The van der Waals surface area contributed by atoms with Gasteiger partial charge in [-0.25, -0.2) is 0 Å². The maximum atomic E-state index is 12.2. The second-order valence-corrected chi connectivity index (χ2v) is 6.74. The van der Waals surface area contributed by atoms with Gasteiger partial charge in [-0.05, 0) is 48.2 Å². The van der Waals surface area contributed by atoms with E-state index in [1.54, 1.807) is 23.5 Å². The van der Waals surface area contributed by atoms with Gasteiger partial charge < -0.3 is 10.1 Å². The minimum atomic E-state index is -0.0877. The monoisotopic (exact) mass is 369 g/mol. The highest BCUT2D eigenvalue weighted by Crippen LogP contribution is 2.19. The number of amides is 1. The van der Waals surface area contributed by atoms with Crippen LogP contribution in [0.1, 0.15) is 30.1 Å². The van der Waals surface area contributed by atoms with Crippen molar-refractivity contribution in [2.45, 2.75) is 26.3 Å². The predicted octanol–water partition coefficient (Wildman–Crippen LogP) is 4.22. The van der Waals surface area contributed by atoms with E-state index >= 15 is 0 Å². The maximum Gasteiger partial charge on any atom is 0.251 e. The number of thiophene rings is 1. The zero-order valence-corrected chi connectivity index (χ0v) is 15.7. The van der Waals surface area contributed by atoms with Gasteiger partial charge in [-0.2, -0.15) is 16.4 Å². The first kappa shape index (κ1) is 18.2. The lowest BCUT2D eigenvalue weighted by Gasteiger charge is -2.08. The lowest BCUT2D eigenvalue weighted by atomic mass is 10.2. The Kier molecular flexibility index (Phi) is 6.44. The molecule has 0 aliphatic heterocycles. The summed E-state index contributed by atoms with van der Waals surface area (Å²) in [5, 5.41) is 11.6. The van der Waals surface area contributed by atoms with Crippen LogP contribution in [-0.4, -0.2) is 28.8 Å². The average molecular weight is 369 g/mol. The summed E-state index contributed by atoms with van der Waals surface area (Å²) in [5.74, 6) is 0.711. The minimum absolute atomic E-state index is 0.0877. The number of nitrogens with zero attached hydrogens (tertiary/aromatic N) is 2. The van der Waals surface area contributed by atoms with E-state index in [1.165, 1.54) is 0 Å². The molecule has 2 aromatic heterocycles. The second kappa shape index (κ2) is 9.20. The molecule has 1 N–H and O–H groups in total. The smallest absolute Gasteiger partial charge is 0.251 e. The summed E-state index contributed by atoms with van der Waals surface area (Å²) in [5.41, 5.74) is 2.71. The third-order valence-electron chi connectivity index (χ3n) is 3.97. The van der Waals surface area contributed by atoms with Gasteiger partial charge in [0.25, 0.3) is 5.91 Å². The molecule has 0 unspecified atom stereocenters. The van der Waals surface area contributed by atoms with Crippen LogP contribution in [0.3, 0.4) is 0 Å². The minimum Gasteiger partial charge on any atom is -0.494 e. The molecule has 136 valence electrons. The number of hydrogen-bond acceptors (Lipinski definition) is 4. The van der Waals surface area contributed by atoms with Crippen LogP contribution in [0.4, 0.5) is 0 Å². The number of carbonyl (C=O) groups excluding carboxylic acids is 1. The number of benzene rings is 1. The molecule has 0 saturated heterocycles. The predicted molar refractivity (Wildman–Crippen MR) is 105 cm³/mol. The van der Waals surface area contributed by atoms with Crippen LogP contribution >= 0.6 is 11.3 Å². The van der Waals surface area contributed by atoms with Crippen LogP contribution in [0.15, 0.2) is 53.4 Å². The lowest BCUT2D eigenvalue weighted by molar-refractivity contribution is 0.0952. The van der Waals surface area contributed by atoms with E-state index in [9.17, 15) is 4.79 Å². The summed E-state index contributed by atoms with van der Waals surface area (Å²) in [6, 6.07) is 11.3. The summed E-state index contributed by atoms with van der Waals surface area (Å²) >= 11 is 1.65. The normalized spacial score (nSPS) is 10.7. The molecule has 0 saturated carbocycles. The molecule has 0 aliphatic rings. The molecule has 0 bridgehead atoms. The fourth-order valence-electron chi connectivity index (χ4n) is 2.47. The fourth-order valence-corrected chi connectivity index (χ4v) is 3.12. The van der Waals surface area contributed by atoms with Crippen LogP contribution in [0.2, 0.25) is 0 Å². The van der Waals surface area contributed by atoms with Gasteiger partial charge in [-0.15, -0.1) is 0 Å². The molecule has 0 fully saturated rings. The van der Waals surface area contributed by atoms with Crippen molar-refractivity contribution in [3.05, 3.63) is 58.9 Å². The average Bonchev–Trinajstić information content (AvgIpc) is 3.34. The zero-order valence-electron chi connectivity index (χ0n) is 14.9. The standard InChI is InChI=1S/C20H23N3O2S/c1-2-3-13-25-18-6-4-16(5-7-18)20(24)21-10-12-23-11-8-19(22-23)17-9-14-26-15-17/h4-9,11,14-15H,2-3,10,12-13H2,1H3,(H,21,24). The Morgan fingerprint density at radius 1 is 1.23 bits per heavy atom. The molecule has 1 amide bonds. The maximum absolute atomic E-state index is 12.2. The molecule has 3 aromatic rings. The summed E-state index contributed by atoms with van der Waals surface area (Å²) in [7, 11) is 0. The Morgan fingerprint density at radius 3 is 2.81 bits per heavy atom. The van der Waals surface area contributed by atoms with Gasteiger partial charge in [0.15, 0.2) is 0 Å². The van der Waals surface area contributed by atoms with E-state index in [4.69, 9.17) is 4.74 Å². The Morgan fingerprint density at radius 2 is 2.08 bits per heavy atom. The SMILES string of the molecule is CCCCOc1ccc(C(=O)NCCn2ccc(-c3ccsc3)n2)cc1. The third kappa shape index (κ3) is 4.95. The number of carbonyl (C=O) groups is 1. The van der Waals surface area contributed by atoms with Crippen molar-refractivity contribution in [3.63, 3.8) is 0 Å². The van der Waals surface area contributed by atoms with E-state index in [2.05, 4.69) is 28.8 Å². The summed E-state index contributed by atoms with van der Waals surface area (Å²) < 4.78 is 7.46. The topological polar surface area (TPSA) is 56.1 Å². The van der Waals surface area contributed by atoms with Crippen molar-refractivity contribution in [1.82, 2.24) is 15.1 Å². The number of hydrogen-bond donors (Lipinski definition) is 1. The molecule has 0 radical (unpaired) electrons. The Bertz CT molecular complexity index is 810. The van der Waals surface area contributed by atoms with Gasteiger partial charge in [0.05, 0.1) is 18.8 Å². The quantitative estimate of drug-likeness (QED) is 0.575. The number of unbranched alkanes of at least 4 members (excludes halogenated alkanes) is 1. The van der Waals surface area contributed by atoms with Gasteiger partial charge in [0, 0.05) is 29.2 Å². The third-order valence-corrected chi connectivity index (χ3v) is 4.65. The van der Waals surface area contributed by atoms with Crippen molar-refractivity contribution < 1.29 is 9.53 Å². The van der Waals surface area contributed by atoms with Crippen molar-refractivity contribution >= 4 is 17.2 Å². The van der Waals surface area contributed by atoms with E-state index in [1.807, 2.05) is 34.5 Å². The number of rotatable bonds is 9. The first-order valence-corrected chi connectivity index (χ1v) is 9.77. The summed E-state index contributed by atoms with van der Waals surface area (Å²) in [6.07, 6.45) is 4.07. The largest absolute Gasteiger partial charge is 0.494 e. The molecular formula is C20H23N3O2S. The highest BCUT2D eigenvalue weighted by molar-refractivity contribution is 7.08. The number of aromatic nitrogens is 2. The molecule has 0 atom stereocenters. The fraction of sp³-hybridized carbons (Fsp3) is 0.300. The molecule has 5 nitrogen and oxygen atoms in total. The van der Waals surface area contributed by atoms with Gasteiger partial charge in [-0.3, -0.25) is 9.48 Å². The van der Waals surface area contributed by atoms with Crippen LogP contribution in [-0.2, 0) is 6.54 Å². The van der Waals surface area contributed by atoms with Crippen molar-refractivity contribution in [3.8, 4) is 17.0 Å².